The van der Waals surface area contributed by atoms with Crippen LogP contribution in [0.2, 0.25) is 0 Å². The van der Waals surface area contributed by atoms with Gasteiger partial charge in [-0.3, -0.25) is 0 Å². The summed E-state index contributed by atoms with van der Waals surface area (Å²) in [5.74, 6) is 0.609. The Hall–Kier alpha value is -0.860. The van der Waals surface area contributed by atoms with Gasteiger partial charge in [0.2, 0.25) is 0 Å². The molecule has 1 aromatic rings. The van der Waals surface area contributed by atoms with E-state index in [1.165, 1.54) is 17.5 Å². The molecule has 2 atom stereocenters. The lowest BCUT2D eigenvalue weighted by atomic mass is 9.96. The SMILES string of the molecule is CCOCCCC1Cc2ccccc2C1N. The molecule has 0 aromatic heterocycles. The van der Waals surface area contributed by atoms with Gasteiger partial charge >= 0.3 is 0 Å². The molecular weight excluding hydrogens is 198 g/mol. The minimum atomic E-state index is 0.234. The summed E-state index contributed by atoms with van der Waals surface area (Å²) in [7, 11) is 0. The fourth-order valence-electron chi connectivity index (χ4n) is 2.58. The molecule has 0 saturated heterocycles. The third-order valence-electron chi connectivity index (χ3n) is 3.47. The molecule has 1 aromatic carbocycles. The van der Waals surface area contributed by atoms with E-state index in [9.17, 15) is 0 Å². The van der Waals surface area contributed by atoms with E-state index in [1.54, 1.807) is 0 Å². The van der Waals surface area contributed by atoms with Gasteiger partial charge in [-0.25, -0.2) is 0 Å². The molecule has 2 nitrogen and oxygen atoms in total. The maximum absolute atomic E-state index is 6.26. The van der Waals surface area contributed by atoms with Gasteiger partial charge in [-0.05, 0) is 43.2 Å². The third kappa shape index (κ3) is 2.45. The summed E-state index contributed by atoms with van der Waals surface area (Å²) >= 11 is 0. The summed E-state index contributed by atoms with van der Waals surface area (Å²) in [6.45, 7) is 3.73. The van der Waals surface area contributed by atoms with Crippen LogP contribution in [0.25, 0.3) is 0 Å². The van der Waals surface area contributed by atoms with Gasteiger partial charge in [0.25, 0.3) is 0 Å². The molecule has 2 heteroatoms. The maximum Gasteiger partial charge on any atom is 0.0466 e. The van der Waals surface area contributed by atoms with E-state index in [4.69, 9.17) is 10.5 Å². The first-order valence-electron chi connectivity index (χ1n) is 6.24. The fraction of sp³-hybridized carbons (Fsp3) is 0.571. The summed E-state index contributed by atoms with van der Waals surface area (Å²) in [6, 6.07) is 8.80. The van der Waals surface area contributed by atoms with Gasteiger partial charge in [-0.15, -0.1) is 0 Å². The lowest BCUT2D eigenvalue weighted by Gasteiger charge is -2.15. The zero-order chi connectivity index (χ0) is 11.4. The molecule has 2 N–H and O–H groups in total. The van der Waals surface area contributed by atoms with Crippen LogP contribution >= 0.6 is 0 Å². The van der Waals surface area contributed by atoms with Crippen LogP contribution in [0, 0.1) is 5.92 Å². The van der Waals surface area contributed by atoms with Crippen molar-refractivity contribution in [2.24, 2.45) is 11.7 Å². The van der Waals surface area contributed by atoms with E-state index < -0.39 is 0 Å². The fourth-order valence-corrected chi connectivity index (χ4v) is 2.58. The molecule has 0 saturated carbocycles. The number of ether oxygens (including phenoxy) is 1. The van der Waals surface area contributed by atoms with Crippen molar-refractivity contribution in [1.29, 1.82) is 0 Å². The minimum Gasteiger partial charge on any atom is -0.382 e. The number of nitrogens with two attached hydrogens (primary N) is 1. The molecule has 16 heavy (non-hydrogen) atoms. The van der Waals surface area contributed by atoms with Crippen LogP contribution < -0.4 is 5.73 Å². The molecular formula is C14H21NO. The normalized spacial score (nSPS) is 23.4. The van der Waals surface area contributed by atoms with Crippen LogP contribution in [0.4, 0.5) is 0 Å². The highest BCUT2D eigenvalue weighted by Crippen LogP contribution is 2.36. The van der Waals surface area contributed by atoms with Gasteiger partial charge in [0.1, 0.15) is 0 Å². The van der Waals surface area contributed by atoms with E-state index in [0.29, 0.717) is 5.92 Å². The zero-order valence-corrected chi connectivity index (χ0v) is 9.99. The van der Waals surface area contributed by atoms with Crippen LogP contribution in [0.3, 0.4) is 0 Å². The average molecular weight is 219 g/mol. The molecule has 0 amide bonds. The summed E-state index contributed by atoms with van der Waals surface area (Å²) in [5.41, 5.74) is 9.06. The van der Waals surface area contributed by atoms with Gasteiger partial charge in [-0.1, -0.05) is 24.3 Å². The van der Waals surface area contributed by atoms with E-state index in [2.05, 4.69) is 24.3 Å². The third-order valence-corrected chi connectivity index (χ3v) is 3.47. The maximum atomic E-state index is 6.26. The summed E-state index contributed by atoms with van der Waals surface area (Å²) in [4.78, 5) is 0. The van der Waals surface area contributed by atoms with Crippen LogP contribution in [0.15, 0.2) is 24.3 Å². The quantitative estimate of drug-likeness (QED) is 0.773. The predicted octanol–water partition coefficient (Wildman–Crippen LogP) is 2.68. The second-order valence-corrected chi connectivity index (χ2v) is 4.53. The Bertz CT molecular complexity index is 337. The Kier molecular flexibility index (Phi) is 3.97. The second kappa shape index (κ2) is 5.46. The van der Waals surface area contributed by atoms with Crippen LogP contribution in [0.1, 0.15) is 36.9 Å². The summed E-state index contributed by atoms with van der Waals surface area (Å²) < 4.78 is 5.36. The highest BCUT2D eigenvalue weighted by Gasteiger charge is 2.28. The van der Waals surface area contributed by atoms with Crippen molar-refractivity contribution in [2.75, 3.05) is 13.2 Å². The van der Waals surface area contributed by atoms with Gasteiger partial charge in [0.05, 0.1) is 0 Å². The monoisotopic (exact) mass is 219 g/mol. The molecule has 1 aliphatic carbocycles. The summed E-state index contributed by atoms with van der Waals surface area (Å²) in [5, 5.41) is 0. The first-order valence-corrected chi connectivity index (χ1v) is 6.24. The van der Waals surface area contributed by atoms with Crippen molar-refractivity contribution in [2.45, 2.75) is 32.2 Å². The topological polar surface area (TPSA) is 35.2 Å². The van der Waals surface area contributed by atoms with Gasteiger partial charge in [-0.2, -0.15) is 0 Å². The van der Waals surface area contributed by atoms with Crippen LogP contribution in [-0.2, 0) is 11.2 Å². The molecule has 0 bridgehead atoms. The van der Waals surface area contributed by atoms with Crippen molar-refractivity contribution in [3.05, 3.63) is 35.4 Å². The number of rotatable bonds is 5. The molecule has 2 unspecified atom stereocenters. The highest BCUT2D eigenvalue weighted by molar-refractivity contribution is 5.35. The molecule has 88 valence electrons. The molecule has 1 aliphatic rings. The summed E-state index contributed by atoms with van der Waals surface area (Å²) in [6.07, 6.45) is 3.44. The number of hydrogen-bond donors (Lipinski definition) is 1. The van der Waals surface area contributed by atoms with Gasteiger partial charge < -0.3 is 10.5 Å². The smallest absolute Gasteiger partial charge is 0.0466 e. The Labute approximate surface area is 97.8 Å². The van der Waals surface area contributed by atoms with Crippen LogP contribution in [0.5, 0.6) is 0 Å². The van der Waals surface area contributed by atoms with Crippen LogP contribution in [-0.4, -0.2) is 13.2 Å². The first kappa shape index (κ1) is 11.6. The molecule has 0 fully saturated rings. The molecule has 2 rings (SSSR count). The van der Waals surface area contributed by atoms with Crippen molar-refractivity contribution in [3.63, 3.8) is 0 Å². The Morgan fingerprint density at radius 1 is 1.38 bits per heavy atom. The standard InChI is InChI=1S/C14H21NO/c1-2-16-9-5-7-12-10-11-6-3-4-8-13(11)14(12)15/h3-4,6,8,12,14H,2,5,7,9-10,15H2,1H3. The zero-order valence-electron chi connectivity index (χ0n) is 9.99. The van der Waals surface area contributed by atoms with Crippen molar-refractivity contribution >= 4 is 0 Å². The molecule has 0 radical (unpaired) electrons. The minimum absolute atomic E-state index is 0.234. The lowest BCUT2D eigenvalue weighted by Crippen LogP contribution is -2.17. The van der Waals surface area contributed by atoms with E-state index in [0.717, 1.165) is 26.1 Å². The van der Waals surface area contributed by atoms with E-state index in [-0.39, 0.29) is 6.04 Å². The van der Waals surface area contributed by atoms with Crippen molar-refractivity contribution < 1.29 is 4.74 Å². The molecule has 0 heterocycles. The van der Waals surface area contributed by atoms with E-state index in [1.807, 2.05) is 6.92 Å². The predicted molar refractivity (Wildman–Crippen MR) is 66.3 cm³/mol. The average Bonchev–Trinajstić information content (AvgIpc) is 2.63. The first-order chi connectivity index (χ1) is 7.83. The van der Waals surface area contributed by atoms with E-state index >= 15 is 0 Å². The molecule has 0 aliphatic heterocycles. The van der Waals surface area contributed by atoms with Gasteiger partial charge in [0, 0.05) is 19.3 Å². The van der Waals surface area contributed by atoms with Crippen molar-refractivity contribution in [3.8, 4) is 0 Å². The Balaban J connectivity index is 1.87. The second-order valence-electron chi connectivity index (χ2n) is 4.53. The molecule has 0 spiro atoms. The lowest BCUT2D eigenvalue weighted by molar-refractivity contribution is 0.138. The van der Waals surface area contributed by atoms with Crippen molar-refractivity contribution in [1.82, 2.24) is 0 Å². The Morgan fingerprint density at radius 2 is 2.19 bits per heavy atom. The Morgan fingerprint density at radius 3 is 2.94 bits per heavy atom. The largest absolute Gasteiger partial charge is 0.382 e. The number of fused-ring (bicyclic) bond motifs is 1. The number of hydrogen-bond acceptors (Lipinski definition) is 2. The number of benzene rings is 1. The highest BCUT2D eigenvalue weighted by atomic mass is 16.5. The van der Waals surface area contributed by atoms with Gasteiger partial charge in [0.15, 0.2) is 0 Å².